The molecule has 0 amide bonds. The summed E-state index contributed by atoms with van der Waals surface area (Å²) in [5, 5.41) is 8.79. The molecule has 78 valence electrons. The third kappa shape index (κ3) is 2.35. The molecule has 2 heterocycles. The monoisotopic (exact) mass is 316 g/mol. The van der Waals surface area contributed by atoms with Crippen molar-refractivity contribution >= 4 is 28.4 Å². The van der Waals surface area contributed by atoms with Gasteiger partial charge >= 0.3 is 0 Å². The number of anilines is 1. The van der Waals surface area contributed by atoms with Crippen LogP contribution in [0.4, 0.5) is 5.82 Å². The minimum Gasteiger partial charge on any atom is -0.360 e. The first-order chi connectivity index (χ1) is 7.31. The van der Waals surface area contributed by atoms with Crippen molar-refractivity contribution in [1.82, 2.24) is 9.97 Å². The number of halogens is 1. The van der Waals surface area contributed by atoms with Gasteiger partial charge in [-0.3, -0.25) is 0 Å². The molecule has 0 saturated carbocycles. The van der Waals surface area contributed by atoms with E-state index in [1.807, 2.05) is 0 Å². The van der Waals surface area contributed by atoms with E-state index in [1.54, 1.807) is 6.20 Å². The number of hydrogen-bond acceptors (Lipinski definition) is 5. The highest BCUT2D eigenvalue weighted by molar-refractivity contribution is 14.1. The summed E-state index contributed by atoms with van der Waals surface area (Å²) in [6.45, 7) is 1.91. The lowest BCUT2D eigenvalue weighted by atomic mass is 10.3. The molecule has 0 aliphatic carbocycles. The van der Waals surface area contributed by atoms with E-state index >= 15 is 0 Å². The molecule has 5 nitrogen and oxygen atoms in total. The summed E-state index contributed by atoms with van der Waals surface area (Å²) >= 11 is 2.19. The molecule has 1 aromatic heterocycles. The number of aromatic nitrogens is 2. The Morgan fingerprint density at radius 2 is 2.53 bits per heavy atom. The van der Waals surface area contributed by atoms with Gasteiger partial charge in [-0.05, 0) is 22.6 Å². The maximum Gasteiger partial charge on any atom is 0.161 e. The Morgan fingerprint density at radius 1 is 1.67 bits per heavy atom. The summed E-state index contributed by atoms with van der Waals surface area (Å²) in [4.78, 5) is 10.2. The fourth-order valence-electron chi connectivity index (χ4n) is 1.46. The van der Waals surface area contributed by atoms with Crippen molar-refractivity contribution in [3.05, 3.63) is 16.1 Å². The van der Waals surface area contributed by atoms with Gasteiger partial charge in [0.05, 0.1) is 22.8 Å². The molecule has 0 radical (unpaired) electrons. The quantitative estimate of drug-likeness (QED) is 0.718. The fourth-order valence-corrected chi connectivity index (χ4v) is 2.10. The second-order valence-electron chi connectivity index (χ2n) is 3.13. The van der Waals surface area contributed by atoms with Gasteiger partial charge < -0.3 is 9.64 Å². The molecule has 1 fully saturated rings. The van der Waals surface area contributed by atoms with E-state index in [-0.39, 0.29) is 6.10 Å². The fraction of sp³-hybridized carbons (Fsp3) is 0.444. The first-order valence-electron chi connectivity index (χ1n) is 4.53. The van der Waals surface area contributed by atoms with Crippen molar-refractivity contribution in [2.75, 3.05) is 24.6 Å². The molecule has 0 bridgehead atoms. The topological polar surface area (TPSA) is 62.0 Å². The van der Waals surface area contributed by atoms with E-state index in [0.29, 0.717) is 13.2 Å². The SMILES string of the molecule is N#CC1CN(c2ncncc2I)CCO1. The Balaban J connectivity index is 2.18. The van der Waals surface area contributed by atoms with Crippen LogP contribution in [0.5, 0.6) is 0 Å². The van der Waals surface area contributed by atoms with Crippen LogP contribution in [0.1, 0.15) is 0 Å². The average molecular weight is 316 g/mol. The third-order valence-corrected chi connectivity index (χ3v) is 2.92. The van der Waals surface area contributed by atoms with Gasteiger partial charge in [0.2, 0.25) is 0 Å². The van der Waals surface area contributed by atoms with Gasteiger partial charge in [-0.1, -0.05) is 0 Å². The van der Waals surface area contributed by atoms with Gasteiger partial charge in [-0.15, -0.1) is 0 Å². The van der Waals surface area contributed by atoms with Crippen molar-refractivity contribution in [2.24, 2.45) is 0 Å². The van der Waals surface area contributed by atoms with Crippen LogP contribution in [-0.2, 0) is 4.74 Å². The molecule has 1 aliphatic heterocycles. The smallest absolute Gasteiger partial charge is 0.161 e. The first kappa shape index (κ1) is 10.6. The van der Waals surface area contributed by atoms with Gasteiger partial charge in [0, 0.05) is 12.7 Å². The minimum atomic E-state index is -0.357. The molecule has 15 heavy (non-hydrogen) atoms. The van der Waals surface area contributed by atoms with E-state index in [1.165, 1.54) is 6.33 Å². The largest absolute Gasteiger partial charge is 0.360 e. The van der Waals surface area contributed by atoms with Crippen molar-refractivity contribution in [3.8, 4) is 6.07 Å². The molecular formula is C9H9IN4O. The van der Waals surface area contributed by atoms with E-state index in [0.717, 1.165) is 15.9 Å². The zero-order chi connectivity index (χ0) is 10.7. The number of nitrogens with zero attached hydrogens (tertiary/aromatic N) is 4. The Labute approximate surface area is 101 Å². The number of ether oxygens (including phenoxy) is 1. The molecule has 0 N–H and O–H groups in total. The summed E-state index contributed by atoms with van der Waals surface area (Å²) < 4.78 is 6.26. The van der Waals surface area contributed by atoms with Crippen LogP contribution in [0, 0.1) is 14.9 Å². The predicted molar refractivity (Wildman–Crippen MR) is 62.3 cm³/mol. The average Bonchev–Trinajstić information content (AvgIpc) is 2.30. The molecule has 0 aromatic carbocycles. The Morgan fingerprint density at radius 3 is 3.27 bits per heavy atom. The van der Waals surface area contributed by atoms with E-state index in [4.69, 9.17) is 10.00 Å². The van der Waals surface area contributed by atoms with Crippen molar-refractivity contribution in [2.45, 2.75) is 6.10 Å². The molecule has 1 atom stereocenters. The van der Waals surface area contributed by atoms with Crippen LogP contribution >= 0.6 is 22.6 Å². The maximum absolute atomic E-state index is 8.79. The van der Waals surface area contributed by atoms with Crippen LogP contribution in [0.3, 0.4) is 0 Å². The molecule has 1 saturated heterocycles. The van der Waals surface area contributed by atoms with Crippen LogP contribution in [0.15, 0.2) is 12.5 Å². The van der Waals surface area contributed by atoms with Crippen molar-refractivity contribution in [1.29, 1.82) is 5.26 Å². The molecular weight excluding hydrogens is 307 g/mol. The van der Waals surface area contributed by atoms with Gasteiger partial charge in [0.1, 0.15) is 12.1 Å². The number of morpholine rings is 1. The van der Waals surface area contributed by atoms with Gasteiger partial charge in [-0.25, -0.2) is 9.97 Å². The standard InChI is InChI=1S/C9H9IN4O/c10-8-4-12-6-13-9(8)14-1-2-15-7(3-11)5-14/h4,6-7H,1-2,5H2. The Bertz CT molecular complexity index is 392. The third-order valence-electron chi connectivity index (χ3n) is 2.16. The highest BCUT2D eigenvalue weighted by atomic mass is 127. The molecule has 1 aliphatic rings. The second-order valence-corrected chi connectivity index (χ2v) is 4.29. The molecule has 0 spiro atoms. The second kappa shape index (κ2) is 4.72. The molecule has 1 aromatic rings. The van der Waals surface area contributed by atoms with Crippen molar-refractivity contribution < 1.29 is 4.74 Å². The normalized spacial score (nSPS) is 21.1. The molecule has 6 heteroatoms. The number of hydrogen-bond donors (Lipinski definition) is 0. The van der Waals surface area contributed by atoms with Crippen LogP contribution < -0.4 is 4.90 Å². The minimum absolute atomic E-state index is 0.357. The zero-order valence-electron chi connectivity index (χ0n) is 7.93. The first-order valence-corrected chi connectivity index (χ1v) is 5.61. The molecule has 1 unspecified atom stereocenters. The zero-order valence-corrected chi connectivity index (χ0v) is 10.1. The lowest BCUT2D eigenvalue weighted by Crippen LogP contribution is -2.42. The lowest BCUT2D eigenvalue weighted by Gasteiger charge is -2.30. The maximum atomic E-state index is 8.79. The van der Waals surface area contributed by atoms with Gasteiger partial charge in [0.25, 0.3) is 0 Å². The number of rotatable bonds is 1. The number of nitriles is 1. The predicted octanol–water partition coefficient (Wildman–Crippen LogP) is 0.810. The van der Waals surface area contributed by atoms with E-state index in [9.17, 15) is 0 Å². The van der Waals surface area contributed by atoms with E-state index in [2.05, 4.69) is 43.5 Å². The summed E-state index contributed by atoms with van der Waals surface area (Å²) in [5.74, 6) is 0.883. The summed E-state index contributed by atoms with van der Waals surface area (Å²) in [7, 11) is 0. The Hall–Kier alpha value is -0.940. The van der Waals surface area contributed by atoms with Crippen molar-refractivity contribution in [3.63, 3.8) is 0 Å². The summed E-state index contributed by atoms with van der Waals surface area (Å²) in [6, 6.07) is 2.11. The lowest BCUT2D eigenvalue weighted by molar-refractivity contribution is 0.0761. The van der Waals surface area contributed by atoms with E-state index < -0.39 is 0 Å². The van der Waals surface area contributed by atoms with Gasteiger partial charge in [-0.2, -0.15) is 5.26 Å². The summed E-state index contributed by atoms with van der Waals surface area (Å²) in [6.07, 6.45) is 2.93. The molecule has 2 rings (SSSR count). The Kier molecular flexibility index (Phi) is 3.33. The van der Waals surface area contributed by atoms with Crippen LogP contribution in [0.25, 0.3) is 0 Å². The van der Waals surface area contributed by atoms with Crippen LogP contribution in [0.2, 0.25) is 0 Å². The highest BCUT2D eigenvalue weighted by Crippen LogP contribution is 2.20. The summed E-state index contributed by atoms with van der Waals surface area (Å²) in [5.41, 5.74) is 0. The van der Waals surface area contributed by atoms with Crippen LogP contribution in [-0.4, -0.2) is 35.8 Å². The van der Waals surface area contributed by atoms with Gasteiger partial charge in [0.15, 0.2) is 6.10 Å². The highest BCUT2D eigenvalue weighted by Gasteiger charge is 2.22.